The number of anilines is 1. The summed E-state index contributed by atoms with van der Waals surface area (Å²) in [6, 6.07) is 8.07. The molecule has 1 N–H and O–H groups in total. The molecule has 1 aromatic carbocycles. The molecule has 0 fully saturated rings. The maximum atomic E-state index is 5.43. The van der Waals surface area contributed by atoms with Gasteiger partial charge in [-0.2, -0.15) is 0 Å². The van der Waals surface area contributed by atoms with Crippen molar-refractivity contribution in [2.45, 2.75) is 19.4 Å². The van der Waals surface area contributed by atoms with Crippen LogP contribution in [0.5, 0.6) is 0 Å². The summed E-state index contributed by atoms with van der Waals surface area (Å²) in [5.74, 6) is 3.53. The van der Waals surface area contributed by atoms with Crippen LogP contribution in [0.3, 0.4) is 0 Å². The van der Waals surface area contributed by atoms with E-state index in [-0.39, 0.29) is 6.04 Å². The molecule has 0 aliphatic carbocycles. The zero-order valence-electron chi connectivity index (χ0n) is 9.57. The Labute approximate surface area is 95.5 Å². The number of fused-ring (bicyclic) bond motifs is 1. The van der Waals surface area contributed by atoms with Gasteiger partial charge in [-0.1, -0.05) is 25.0 Å². The van der Waals surface area contributed by atoms with Crippen LogP contribution in [0, 0.1) is 12.3 Å². The summed E-state index contributed by atoms with van der Waals surface area (Å²) in [5, 5.41) is 3.25. The number of hydrogen-bond donors (Lipinski definition) is 1. The van der Waals surface area contributed by atoms with Crippen LogP contribution in [0.25, 0.3) is 11.0 Å². The fraction of sp³-hybridized carbons (Fsp3) is 0.308. The van der Waals surface area contributed by atoms with Crippen molar-refractivity contribution in [2.75, 3.05) is 5.32 Å². The van der Waals surface area contributed by atoms with E-state index in [9.17, 15) is 0 Å². The molecule has 0 radical (unpaired) electrons. The first-order valence-corrected chi connectivity index (χ1v) is 5.40. The minimum absolute atomic E-state index is 0.0375. The highest BCUT2D eigenvalue weighted by molar-refractivity contribution is 5.78. The number of terminal acetylenes is 1. The molecular weight excluding hydrogens is 198 g/mol. The van der Waals surface area contributed by atoms with Crippen molar-refractivity contribution in [3.63, 3.8) is 0 Å². The minimum Gasteiger partial charge on any atom is -0.342 e. The van der Waals surface area contributed by atoms with Crippen molar-refractivity contribution in [3.8, 4) is 12.3 Å². The lowest BCUT2D eigenvalue weighted by atomic mass is 10.2. The van der Waals surface area contributed by atoms with Crippen LogP contribution < -0.4 is 5.32 Å². The van der Waals surface area contributed by atoms with Crippen LogP contribution in [0.15, 0.2) is 24.3 Å². The molecule has 1 unspecified atom stereocenters. The van der Waals surface area contributed by atoms with E-state index < -0.39 is 0 Å². The van der Waals surface area contributed by atoms with Gasteiger partial charge in [0.05, 0.1) is 17.1 Å². The van der Waals surface area contributed by atoms with E-state index in [0.29, 0.717) is 0 Å². The van der Waals surface area contributed by atoms with Crippen molar-refractivity contribution in [1.82, 2.24) is 9.55 Å². The standard InChI is InChI=1S/C13H15N3/c1-4-10(5-2)14-13-15-11-8-6-7-9-12(11)16(13)3/h1,6-10H,5H2,2-3H3,(H,14,15). The first-order valence-electron chi connectivity index (χ1n) is 5.40. The van der Waals surface area contributed by atoms with Gasteiger partial charge in [0.25, 0.3) is 0 Å². The molecule has 0 saturated heterocycles. The van der Waals surface area contributed by atoms with Crippen LogP contribution in [0.2, 0.25) is 0 Å². The normalized spacial score (nSPS) is 12.3. The monoisotopic (exact) mass is 213 g/mol. The predicted octanol–water partition coefficient (Wildman–Crippen LogP) is 2.40. The number of para-hydroxylation sites is 2. The van der Waals surface area contributed by atoms with Gasteiger partial charge in [0, 0.05) is 7.05 Å². The van der Waals surface area contributed by atoms with E-state index >= 15 is 0 Å². The lowest BCUT2D eigenvalue weighted by Gasteiger charge is -2.11. The van der Waals surface area contributed by atoms with Crippen LogP contribution in [0.1, 0.15) is 13.3 Å². The number of hydrogen-bond acceptors (Lipinski definition) is 2. The topological polar surface area (TPSA) is 29.9 Å². The third-order valence-corrected chi connectivity index (χ3v) is 2.70. The molecule has 0 aliphatic heterocycles. The summed E-state index contributed by atoms with van der Waals surface area (Å²) < 4.78 is 2.02. The summed E-state index contributed by atoms with van der Waals surface area (Å²) in [7, 11) is 1.99. The molecule has 82 valence electrons. The minimum atomic E-state index is 0.0375. The van der Waals surface area contributed by atoms with Crippen LogP contribution in [0.4, 0.5) is 5.95 Å². The largest absolute Gasteiger partial charge is 0.342 e. The third-order valence-electron chi connectivity index (χ3n) is 2.70. The highest BCUT2D eigenvalue weighted by atomic mass is 15.2. The van der Waals surface area contributed by atoms with Gasteiger partial charge in [0.1, 0.15) is 0 Å². The Hall–Kier alpha value is -1.95. The van der Waals surface area contributed by atoms with E-state index in [0.717, 1.165) is 23.4 Å². The second kappa shape index (κ2) is 4.28. The predicted molar refractivity (Wildman–Crippen MR) is 67.2 cm³/mol. The molecular formula is C13H15N3. The van der Waals surface area contributed by atoms with Gasteiger partial charge in [-0.3, -0.25) is 0 Å². The Bertz CT molecular complexity index is 534. The maximum absolute atomic E-state index is 5.43. The smallest absolute Gasteiger partial charge is 0.204 e. The quantitative estimate of drug-likeness (QED) is 0.793. The third kappa shape index (κ3) is 1.74. The Morgan fingerprint density at radius 3 is 2.88 bits per heavy atom. The molecule has 1 aromatic heterocycles. The van der Waals surface area contributed by atoms with E-state index in [1.807, 2.05) is 35.9 Å². The summed E-state index contributed by atoms with van der Waals surface area (Å²) in [6.45, 7) is 2.06. The number of imidazole rings is 1. The van der Waals surface area contributed by atoms with Gasteiger partial charge in [-0.05, 0) is 18.6 Å². The first kappa shape index (κ1) is 10.6. The molecule has 0 saturated carbocycles. The second-order valence-corrected chi connectivity index (χ2v) is 3.75. The fourth-order valence-electron chi connectivity index (χ4n) is 1.69. The van der Waals surface area contributed by atoms with Crippen molar-refractivity contribution >= 4 is 17.0 Å². The molecule has 1 heterocycles. The highest BCUT2D eigenvalue weighted by Gasteiger charge is 2.09. The van der Waals surface area contributed by atoms with Crippen LogP contribution in [-0.2, 0) is 7.05 Å². The lowest BCUT2D eigenvalue weighted by Crippen LogP contribution is -2.18. The molecule has 2 aromatic rings. The van der Waals surface area contributed by atoms with Gasteiger partial charge < -0.3 is 9.88 Å². The van der Waals surface area contributed by atoms with Gasteiger partial charge in [0.2, 0.25) is 5.95 Å². The summed E-state index contributed by atoms with van der Waals surface area (Å²) >= 11 is 0. The number of benzene rings is 1. The van der Waals surface area contributed by atoms with Crippen LogP contribution in [-0.4, -0.2) is 15.6 Å². The number of nitrogens with zero attached hydrogens (tertiary/aromatic N) is 2. The van der Waals surface area contributed by atoms with Gasteiger partial charge in [0.15, 0.2) is 0 Å². The van der Waals surface area contributed by atoms with Crippen molar-refractivity contribution in [2.24, 2.45) is 7.05 Å². The zero-order valence-corrected chi connectivity index (χ0v) is 9.57. The number of aromatic nitrogens is 2. The Morgan fingerprint density at radius 2 is 2.25 bits per heavy atom. The SMILES string of the molecule is C#CC(CC)Nc1nc2ccccc2n1C. The van der Waals surface area contributed by atoms with Gasteiger partial charge in [-0.25, -0.2) is 4.98 Å². The molecule has 16 heavy (non-hydrogen) atoms. The zero-order chi connectivity index (χ0) is 11.5. The van der Waals surface area contributed by atoms with E-state index in [1.165, 1.54) is 0 Å². The average Bonchev–Trinajstić information content (AvgIpc) is 2.64. The lowest BCUT2D eigenvalue weighted by molar-refractivity contribution is 0.821. The molecule has 1 atom stereocenters. The van der Waals surface area contributed by atoms with Crippen molar-refractivity contribution in [3.05, 3.63) is 24.3 Å². The summed E-state index contributed by atoms with van der Waals surface area (Å²) in [5.41, 5.74) is 2.09. The molecule has 0 amide bonds. The highest BCUT2D eigenvalue weighted by Crippen LogP contribution is 2.18. The molecule has 0 bridgehead atoms. The van der Waals surface area contributed by atoms with Crippen molar-refractivity contribution in [1.29, 1.82) is 0 Å². The fourth-order valence-corrected chi connectivity index (χ4v) is 1.69. The molecule has 2 rings (SSSR count). The molecule has 0 aliphatic rings. The molecule has 0 spiro atoms. The van der Waals surface area contributed by atoms with E-state index in [1.54, 1.807) is 0 Å². The summed E-state index contributed by atoms with van der Waals surface area (Å²) in [6.07, 6.45) is 6.31. The first-order chi connectivity index (χ1) is 7.76. The second-order valence-electron chi connectivity index (χ2n) is 3.75. The van der Waals surface area contributed by atoms with Gasteiger partial charge in [-0.15, -0.1) is 6.42 Å². The number of rotatable bonds is 3. The van der Waals surface area contributed by atoms with Gasteiger partial charge >= 0.3 is 0 Å². The average molecular weight is 213 g/mol. The van der Waals surface area contributed by atoms with Crippen molar-refractivity contribution < 1.29 is 0 Å². The Morgan fingerprint density at radius 1 is 1.50 bits per heavy atom. The maximum Gasteiger partial charge on any atom is 0.204 e. The van der Waals surface area contributed by atoms with E-state index in [2.05, 4.69) is 23.1 Å². The number of nitrogens with one attached hydrogen (secondary N) is 1. The van der Waals surface area contributed by atoms with E-state index in [4.69, 9.17) is 6.42 Å². The molecule has 3 nitrogen and oxygen atoms in total. The van der Waals surface area contributed by atoms with Crippen LogP contribution >= 0.6 is 0 Å². The summed E-state index contributed by atoms with van der Waals surface area (Å²) in [4.78, 5) is 4.50. The number of aryl methyl sites for hydroxylation is 1. The molecule has 3 heteroatoms. The Balaban J connectivity index is 2.39. The Kier molecular flexibility index (Phi) is 2.82.